The number of aliphatic imine (C=N–C) groups is 1. The van der Waals surface area contributed by atoms with Crippen LogP contribution in [0.3, 0.4) is 0 Å². The molecule has 27 heavy (non-hydrogen) atoms. The summed E-state index contributed by atoms with van der Waals surface area (Å²) >= 11 is 0. The van der Waals surface area contributed by atoms with Gasteiger partial charge in [-0.15, -0.1) is 0 Å². The molecule has 2 rings (SSSR count). The highest BCUT2D eigenvalue weighted by Gasteiger charge is 2.19. The van der Waals surface area contributed by atoms with Crippen LogP contribution < -0.4 is 10.6 Å². The molecule has 6 nitrogen and oxygen atoms in total. The fourth-order valence-corrected chi connectivity index (χ4v) is 3.05. The second-order valence-electron chi connectivity index (χ2n) is 7.16. The van der Waals surface area contributed by atoms with Crippen LogP contribution >= 0.6 is 0 Å². The van der Waals surface area contributed by atoms with Crippen molar-refractivity contribution >= 4 is 5.96 Å². The molecule has 0 radical (unpaired) electrons. The fourth-order valence-electron chi connectivity index (χ4n) is 3.05. The van der Waals surface area contributed by atoms with Gasteiger partial charge in [0.25, 0.3) is 0 Å². The Kier molecular flexibility index (Phi) is 8.81. The van der Waals surface area contributed by atoms with Crippen LogP contribution in [0.1, 0.15) is 39.2 Å². The Balaban J connectivity index is 1.81. The smallest absolute Gasteiger partial charge is 0.191 e. The maximum Gasteiger partial charge on any atom is 0.191 e. The summed E-state index contributed by atoms with van der Waals surface area (Å²) in [5, 5.41) is 16.0. The van der Waals surface area contributed by atoms with Gasteiger partial charge in [0, 0.05) is 32.2 Å². The summed E-state index contributed by atoms with van der Waals surface area (Å²) in [6.45, 7) is 11.1. The first-order valence-corrected chi connectivity index (χ1v) is 9.84. The number of hydrogen-bond acceptors (Lipinski definition) is 4. The van der Waals surface area contributed by atoms with E-state index >= 15 is 0 Å². The van der Waals surface area contributed by atoms with Crippen molar-refractivity contribution in [3.63, 3.8) is 0 Å². The van der Waals surface area contributed by atoms with Crippen LogP contribution in [0.2, 0.25) is 0 Å². The lowest BCUT2D eigenvalue weighted by atomic mass is 10.1. The van der Waals surface area contributed by atoms with Crippen LogP contribution in [0.25, 0.3) is 0 Å². The van der Waals surface area contributed by atoms with Crippen molar-refractivity contribution in [2.24, 2.45) is 4.99 Å². The number of piperidine rings is 1. The number of aromatic hydroxyl groups is 1. The van der Waals surface area contributed by atoms with Crippen LogP contribution in [-0.4, -0.2) is 60.9 Å². The Hall–Kier alpha value is -1.86. The SMILES string of the molecule is CCNC(=NCc1ccc(O)c(F)c1)NC1CCN(CCOC(C)C)CC1. The molecule has 1 aromatic rings. The van der Waals surface area contributed by atoms with E-state index in [2.05, 4.69) is 34.4 Å². The molecule has 7 heteroatoms. The third-order valence-electron chi connectivity index (χ3n) is 4.56. The van der Waals surface area contributed by atoms with Gasteiger partial charge in [-0.3, -0.25) is 0 Å². The molecule has 152 valence electrons. The summed E-state index contributed by atoms with van der Waals surface area (Å²) in [6.07, 6.45) is 2.39. The highest BCUT2D eigenvalue weighted by molar-refractivity contribution is 5.80. The zero-order valence-corrected chi connectivity index (χ0v) is 16.7. The molecule has 3 N–H and O–H groups in total. The summed E-state index contributed by atoms with van der Waals surface area (Å²) < 4.78 is 19.1. The summed E-state index contributed by atoms with van der Waals surface area (Å²) in [7, 11) is 0. The minimum absolute atomic E-state index is 0.283. The maximum absolute atomic E-state index is 13.5. The average Bonchev–Trinajstić information content (AvgIpc) is 2.64. The van der Waals surface area contributed by atoms with Crippen molar-refractivity contribution in [1.29, 1.82) is 0 Å². The van der Waals surface area contributed by atoms with Gasteiger partial charge in [0.05, 0.1) is 19.3 Å². The number of nitrogens with zero attached hydrogens (tertiary/aromatic N) is 2. The molecule has 0 amide bonds. The monoisotopic (exact) mass is 380 g/mol. The number of phenolic OH excluding ortho intramolecular Hbond substituents is 1. The third kappa shape index (κ3) is 7.72. The van der Waals surface area contributed by atoms with Crippen LogP contribution in [0.5, 0.6) is 5.75 Å². The van der Waals surface area contributed by atoms with Gasteiger partial charge in [-0.25, -0.2) is 9.38 Å². The second kappa shape index (κ2) is 11.1. The van der Waals surface area contributed by atoms with Crippen molar-refractivity contribution in [3.8, 4) is 5.75 Å². The Morgan fingerprint density at radius 1 is 1.37 bits per heavy atom. The molecule has 0 bridgehead atoms. The van der Waals surface area contributed by atoms with Crippen LogP contribution in [0.15, 0.2) is 23.2 Å². The van der Waals surface area contributed by atoms with Gasteiger partial charge in [0.15, 0.2) is 17.5 Å². The molecule has 1 fully saturated rings. The van der Waals surface area contributed by atoms with Crippen LogP contribution in [0.4, 0.5) is 4.39 Å². The molecule has 0 aromatic heterocycles. The van der Waals surface area contributed by atoms with Crippen molar-refractivity contribution in [2.45, 2.75) is 52.3 Å². The molecule has 1 aromatic carbocycles. The van der Waals surface area contributed by atoms with Crippen molar-refractivity contribution in [2.75, 3.05) is 32.8 Å². The molecule has 1 aliphatic rings. The largest absolute Gasteiger partial charge is 0.505 e. The highest BCUT2D eigenvalue weighted by Crippen LogP contribution is 2.16. The molecule has 1 saturated heterocycles. The zero-order valence-electron chi connectivity index (χ0n) is 16.7. The van der Waals surface area contributed by atoms with Crippen molar-refractivity contribution in [3.05, 3.63) is 29.6 Å². The lowest BCUT2D eigenvalue weighted by Gasteiger charge is -2.33. The first kappa shape index (κ1) is 21.4. The minimum Gasteiger partial charge on any atom is -0.505 e. The molecule has 0 spiro atoms. The lowest BCUT2D eigenvalue weighted by Crippen LogP contribution is -2.49. The number of rotatable bonds is 8. The maximum atomic E-state index is 13.5. The van der Waals surface area contributed by atoms with E-state index in [-0.39, 0.29) is 11.9 Å². The topological polar surface area (TPSA) is 69.1 Å². The number of nitrogens with one attached hydrogen (secondary N) is 2. The molecule has 1 aliphatic heterocycles. The second-order valence-corrected chi connectivity index (χ2v) is 7.16. The Labute approximate surface area is 161 Å². The van der Waals surface area contributed by atoms with E-state index in [1.165, 1.54) is 12.1 Å². The standard InChI is InChI=1S/C20H33FN4O2/c1-4-22-20(23-14-16-5-6-19(26)18(21)13-16)24-17-7-9-25(10-8-17)11-12-27-15(2)3/h5-6,13,15,17,26H,4,7-12,14H2,1-3H3,(H2,22,23,24). The van der Waals surface area contributed by atoms with E-state index in [9.17, 15) is 9.50 Å². The van der Waals surface area contributed by atoms with Gasteiger partial charge in [-0.1, -0.05) is 6.07 Å². The number of phenols is 1. The molecule has 1 heterocycles. The zero-order chi connectivity index (χ0) is 19.6. The Morgan fingerprint density at radius 2 is 2.11 bits per heavy atom. The first-order valence-electron chi connectivity index (χ1n) is 9.84. The van der Waals surface area contributed by atoms with E-state index < -0.39 is 5.82 Å². The van der Waals surface area contributed by atoms with Gasteiger partial charge < -0.3 is 25.4 Å². The number of guanidine groups is 1. The Morgan fingerprint density at radius 3 is 2.74 bits per heavy atom. The lowest BCUT2D eigenvalue weighted by molar-refractivity contribution is 0.0532. The van der Waals surface area contributed by atoms with Gasteiger partial charge in [0.1, 0.15) is 0 Å². The molecule has 0 saturated carbocycles. The van der Waals surface area contributed by atoms with Crippen molar-refractivity contribution < 1.29 is 14.2 Å². The molecule has 0 aliphatic carbocycles. The summed E-state index contributed by atoms with van der Waals surface area (Å²) in [6, 6.07) is 4.74. The number of hydrogen-bond donors (Lipinski definition) is 3. The van der Waals surface area contributed by atoms with Crippen LogP contribution in [-0.2, 0) is 11.3 Å². The summed E-state index contributed by atoms with van der Waals surface area (Å²) in [4.78, 5) is 6.98. The Bertz CT molecular complexity index is 602. The van der Waals surface area contributed by atoms with Gasteiger partial charge in [-0.05, 0) is 51.3 Å². The van der Waals surface area contributed by atoms with E-state index in [1.54, 1.807) is 6.07 Å². The predicted octanol–water partition coefficient (Wildman–Crippen LogP) is 2.48. The molecular formula is C20H33FN4O2. The number of benzene rings is 1. The van der Waals surface area contributed by atoms with Gasteiger partial charge in [0.2, 0.25) is 0 Å². The molecule has 0 atom stereocenters. The van der Waals surface area contributed by atoms with Crippen molar-refractivity contribution in [1.82, 2.24) is 15.5 Å². The molecular weight excluding hydrogens is 347 g/mol. The molecule has 0 unspecified atom stereocenters. The quantitative estimate of drug-likeness (QED) is 0.478. The van der Waals surface area contributed by atoms with E-state index in [0.717, 1.165) is 57.2 Å². The average molecular weight is 381 g/mol. The number of ether oxygens (including phenoxy) is 1. The first-order chi connectivity index (χ1) is 13.0. The fraction of sp³-hybridized carbons (Fsp3) is 0.650. The predicted molar refractivity (Wildman–Crippen MR) is 107 cm³/mol. The van der Waals surface area contributed by atoms with Gasteiger partial charge in [-0.2, -0.15) is 0 Å². The van der Waals surface area contributed by atoms with E-state index in [1.807, 2.05) is 6.92 Å². The normalized spacial score (nSPS) is 16.7. The summed E-state index contributed by atoms with van der Waals surface area (Å²) in [5.74, 6) is -0.208. The number of halogens is 1. The summed E-state index contributed by atoms with van der Waals surface area (Å²) in [5.41, 5.74) is 0.725. The van der Waals surface area contributed by atoms with E-state index in [0.29, 0.717) is 12.6 Å². The third-order valence-corrected chi connectivity index (χ3v) is 4.56. The number of likely N-dealkylation sites (tertiary alicyclic amines) is 1. The van der Waals surface area contributed by atoms with E-state index in [4.69, 9.17) is 4.74 Å². The highest BCUT2D eigenvalue weighted by atomic mass is 19.1. The van der Waals surface area contributed by atoms with Gasteiger partial charge >= 0.3 is 0 Å². The van der Waals surface area contributed by atoms with Crippen LogP contribution in [0, 0.1) is 5.82 Å². The minimum atomic E-state index is -0.616.